The lowest BCUT2D eigenvalue weighted by molar-refractivity contribution is 0.184. The Kier molecular flexibility index (Phi) is 5.73. The zero-order chi connectivity index (χ0) is 15.2. The molecular formula is C15H21ClN4O. The largest absolute Gasteiger partial charge is 0.395 e. The molecule has 0 amide bonds. The van der Waals surface area contributed by atoms with Crippen LogP contribution >= 0.6 is 11.6 Å². The van der Waals surface area contributed by atoms with Gasteiger partial charge in [-0.1, -0.05) is 24.6 Å². The van der Waals surface area contributed by atoms with Crippen LogP contribution in [-0.2, 0) is 26.6 Å². The zero-order valence-electron chi connectivity index (χ0n) is 12.5. The molecule has 0 aliphatic carbocycles. The van der Waals surface area contributed by atoms with E-state index >= 15 is 0 Å². The second kappa shape index (κ2) is 7.54. The van der Waals surface area contributed by atoms with Crippen molar-refractivity contribution in [2.24, 2.45) is 7.05 Å². The first-order valence-electron chi connectivity index (χ1n) is 7.08. The Labute approximate surface area is 130 Å². The van der Waals surface area contributed by atoms with Crippen LogP contribution in [0.2, 0.25) is 5.15 Å². The summed E-state index contributed by atoms with van der Waals surface area (Å²) in [4.78, 5) is 6.28. The molecule has 114 valence electrons. The van der Waals surface area contributed by atoms with Gasteiger partial charge < -0.3 is 5.11 Å². The van der Waals surface area contributed by atoms with Gasteiger partial charge in [-0.15, -0.1) is 0 Å². The van der Waals surface area contributed by atoms with Gasteiger partial charge in [0.2, 0.25) is 0 Å². The third-order valence-corrected chi connectivity index (χ3v) is 3.89. The smallest absolute Gasteiger partial charge is 0.131 e. The van der Waals surface area contributed by atoms with Crippen LogP contribution in [0.1, 0.15) is 23.7 Å². The van der Waals surface area contributed by atoms with Crippen molar-refractivity contribution in [3.05, 3.63) is 46.5 Å². The predicted molar refractivity (Wildman–Crippen MR) is 83.0 cm³/mol. The van der Waals surface area contributed by atoms with E-state index in [-0.39, 0.29) is 6.61 Å². The predicted octanol–water partition coefficient (Wildman–Crippen LogP) is 2.03. The number of hydrogen-bond donors (Lipinski definition) is 1. The molecule has 0 spiro atoms. The van der Waals surface area contributed by atoms with Gasteiger partial charge in [-0.05, 0) is 18.1 Å². The second-order valence-corrected chi connectivity index (χ2v) is 5.35. The van der Waals surface area contributed by atoms with Crippen LogP contribution in [0.3, 0.4) is 0 Å². The maximum absolute atomic E-state index is 9.28. The standard InChI is InChI=1S/C15H21ClN4O/c1-3-14-13(15(16)19(2)18-14)11-20(7-8-21)10-12-5-4-6-17-9-12/h4-6,9,21H,3,7-8,10-11H2,1-2H3. The van der Waals surface area contributed by atoms with Gasteiger partial charge in [-0.2, -0.15) is 5.10 Å². The molecule has 0 bridgehead atoms. The summed E-state index contributed by atoms with van der Waals surface area (Å²) in [6, 6.07) is 3.95. The first-order chi connectivity index (χ1) is 10.2. The summed E-state index contributed by atoms with van der Waals surface area (Å²) >= 11 is 6.34. The SMILES string of the molecule is CCc1nn(C)c(Cl)c1CN(CCO)Cc1cccnc1. The third kappa shape index (κ3) is 4.03. The number of halogens is 1. The average Bonchev–Trinajstić information content (AvgIpc) is 2.76. The molecule has 0 fully saturated rings. The van der Waals surface area contributed by atoms with Crippen molar-refractivity contribution in [1.29, 1.82) is 0 Å². The molecule has 0 atom stereocenters. The number of aryl methyl sites for hydroxylation is 2. The van der Waals surface area contributed by atoms with Crippen molar-refractivity contribution < 1.29 is 5.11 Å². The Morgan fingerprint density at radius 1 is 1.38 bits per heavy atom. The van der Waals surface area contributed by atoms with E-state index < -0.39 is 0 Å². The number of rotatable bonds is 7. The highest BCUT2D eigenvalue weighted by atomic mass is 35.5. The molecule has 0 saturated carbocycles. The normalized spacial score (nSPS) is 11.3. The number of aromatic nitrogens is 3. The molecule has 6 heteroatoms. The molecular weight excluding hydrogens is 288 g/mol. The first kappa shape index (κ1) is 15.9. The summed E-state index contributed by atoms with van der Waals surface area (Å²) in [5, 5.41) is 14.4. The topological polar surface area (TPSA) is 54.2 Å². The van der Waals surface area contributed by atoms with Crippen molar-refractivity contribution in [1.82, 2.24) is 19.7 Å². The average molecular weight is 309 g/mol. The third-order valence-electron chi connectivity index (χ3n) is 3.41. The maximum atomic E-state index is 9.28. The van der Waals surface area contributed by atoms with E-state index in [0.29, 0.717) is 18.2 Å². The van der Waals surface area contributed by atoms with Gasteiger partial charge in [0.1, 0.15) is 5.15 Å². The highest BCUT2D eigenvalue weighted by Gasteiger charge is 2.16. The number of pyridine rings is 1. The molecule has 1 N–H and O–H groups in total. The van der Waals surface area contributed by atoms with Gasteiger partial charge in [0.05, 0.1) is 12.3 Å². The number of aliphatic hydroxyl groups excluding tert-OH is 1. The van der Waals surface area contributed by atoms with E-state index in [9.17, 15) is 5.11 Å². The van der Waals surface area contributed by atoms with Gasteiger partial charge in [0, 0.05) is 44.6 Å². The molecule has 0 radical (unpaired) electrons. The quantitative estimate of drug-likeness (QED) is 0.850. The van der Waals surface area contributed by atoms with Gasteiger partial charge in [-0.25, -0.2) is 0 Å². The Morgan fingerprint density at radius 3 is 2.81 bits per heavy atom. The fraction of sp³-hybridized carbons (Fsp3) is 0.467. The lowest BCUT2D eigenvalue weighted by Gasteiger charge is -2.21. The lowest BCUT2D eigenvalue weighted by atomic mass is 10.2. The molecule has 2 aromatic rings. The Balaban J connectivity index is 2.16. The van der Waals surface area contributed by atoms with Crippen LogP contribution in [0.4, 0.5) is 0 Å². The van der Waals surface area contributed by atoms with Crippen LogP contribution in [0, 0.1) is 0 Å². The fourth-order valence-electron chi connectivity index (χ4n) is 2.37. The molecule has 2 aromatic heterocycles. The molecule has 2 heterocycles. The van der Waals surface area contributed by atoms with Gasteiger partial charge in [0.25, 0.3) is 0 Å². The molecule has 0 unspecified atom stereocenters. The van der Waals surface area contributed by atoms with E-state index in [4.69, 9.17) is 11.6 Å². The van der Waals surface area contributed by atoms with Gasteiger partial charge in [0.15, 0.2) is 0 Å². The van der Waals surface area contributed by atoms with Crippen LogP contribution in [0.5, 0.6) is 0 Å². The van der Waals surface area contributed by atoms with Crippen molar-refractivity contribution in [3.63, 3.8) is 0 Å². The summed E-state index contributed by atoms with van der Waals surface area (Å²) in [5.74, 6) is 0. The minimum atomic E-state index is 0.111. The van der Waals surface area contributed by atoms with E-state index in [1.807, 2.05) is 25.4 Å². The van der Waals surface area contributed by atoms with Crippen molar-refractivity contribution in [3.8, 4) is 0 Å². The molecule has 2 rings (SSSR count). The second-order valence-electron chi connectivity index (χ2n) is 4.99. The summed E-state index contributed by atoms with van der Waals surface area (Å²) in [5.41, 5.74) is 3.17. The molecule has 0 saturated heterocycles. The Hall–Kier alpha value is -1.43. The fourth-order valence-corrected chi connectivity index (χ4v) is 2.58. The minimum Gasteiger partial charge on any atom is -0.395 e. The number of hydrogen-bond acceptors (Lipinski definition) is 4. The Morgan fingerprint density at radius 2 is 2.19 bits per heavy atom. The highest BCUT2D eigenvalue weighted by molar-refractivity contribution is 6.30. The van der Waals surface area contributed by atoms with Crippen LogP contribution in [0.25, 0.3) is 0 Å². The molecule has 0 aliphatic heterocycles. The van der Waals surface area contributed by atoms with Gasteiger partial charge in [-0.3, -0.25) is 14.6 Å². The molecule has 5 nitrogen and oxygen atoms in total. The maximum Gasteiger partial charge on any atom is 0.131 e. The monoisotopic (exact) mass is 308 g/mol. The molecule has 21 heavy (non-hydrogen) atoms. The van der Waals surface area contributed by atoms with E-state index in [1.165, 1.54) is 0 Å². The van der Waals surface area contributed by atoms with Crippen molar-refractivity contribution in [2.75, 3.05) is 13.2 Å². The first-order valence-corrected chi connectivity index (χ1v) is 7.45. The Bertz CT molecular complexity index is 571. The summed E-state index contributed by atoms with van der Waals surface area (Å²) in [6.45, 7) is 4.16. The van der Waals surface area contributed by atoms with Crippen LogP contribution in [0.15, 0.2) is 24.5 Å². The minimum absolute atomic E-state index is 0.111. The van der Waals surface area contributed by atoms with E-state index in [0.717, 1.165) is 29.8 Å². The van der Waals surface area contributed by atoms with Crippen LogP contribution < -0.4 is 0 Å². The van der Waals surface area contributed by atoms with Crippen molar-refractivity contribution >= 4 is 11.6 Å². The van der Waals surface area contributed by atoms with E-state index in [2.05, 4.69) is 21.9 Å². The summed E-state index contributed by atoms with van der Waals surface area (Å²) < 4.78 is 1.71. The zero-order valence-corrected chi connectivity index (χ0v) is 13.2. The van der Waals surface area contributed by atoms with Crippen LogP contribution in [-0.4, -0.2) is 37.9 Å². The lowest BCUT2D eigenvalue weighted by Crippen LogP contribution is -2.26. The van der Waals surface area contributed by atoms with Crippen molar-refractivity contribution in [2.45, 2.75) is 26.4 Å². The summed E-state index contributed by atoms with van der Waals surface area (Å²) in [7, 11) is 1.85. The number of aliphatic hydroxyl groups is 1. The highest BCUT2D eigenvalue weighted by Crippen LogP contribution is 2.22. The molecule has 0 aromatic carbocycles. The molecule has 0 aliphatic rings. The number of nitrogens with zero attached hydrogens (tertiary/aromatic N) is 4. The summed E-state index contributed by atoms with van der Waals surface area (Å²) in [6.07, 6.45) is 4.44. The van der Waals surface area contributed by atoms with E-state index in [1.54, 1.807) is 10.9 Å². The van der Waals surface area contributed by atoms with Gasteiger partial charge >= 0.3 is 0 Å².